The van der Waals surface area contributed by atoms with Gasteiger partial charge in [0.2, 0.25) is 5.91 Å². The molecule has 0 aromatic carbocycles. The molecule has 1 rings (SSSR count). The number of amides is 1. The molecule has 1 fully saturated rings. The third-order valence-electron chi connectivity index (χ3n) is 4.01. The monoisotopic (exact) mass is 337 g/mol. The molecule has 16 heavy (non-hydrogen) atoms. The first-order valence-corrected chi connectivity index (χ1v) is 7.95. The van der Waals surface area contributed by atoms with Crippen LogP contribution in [0.1, 0.15) is 52.9 Å². The quantitative estimate of drug-likeness (QED) is 0.603. The second-order valence-corrected chi connectivity index (χ2v) is 6.20. The molecule has 94 valence electrons. The van der Waals surface area contributed by atoms with E-state index in [2.05, 4.69) is 48.7 Å². The molecule has 0 saturated heterocycles. The molecule has 1 unspecified atom stereocenters. The molecule has 0 aromatic heterocycles. The van der Waals surface area contributed by atoms with Gasteiger partial charge < -0.3 is 5.32 Å². The summed E-state index contributed by atoms with van der Waals surface area (Å²) in [6.07, 6.45) is 5.60. The van der Waals surface area contributed by atoms with Crippen LogP contribution in [0.3, 0.4) is 0 Å². The molecule has 2 nitrogen and oxygen atoms in total. The maximum Gasteiger partial charge on any atom is 0.226 e. The van der Waals surface area contributed by atoms with Crippen molar-refractivity contribution in [3.8, 4) is 0 Å². The van der Waals surface area contributed by atoms with Crippen LogP contribution in [0.5, 0.6) is 0 Å². The van der Waals surface area contributed by atoms with E-state index in [1.807, 2.05) is 0 Å². The molecule has 0 aromatic rings. The highest BCUT2D eigenvalue weighted by Gasteiger charge is 2.39. The second-order valence-electron chi connectivity index (χ2n) is 5.32. The molecule has 0 spiro atoms. The zero-order chi connectivity index (χ0) is 12.2. The van der Waals surface area contributed by atoms with E-state index in [0.29, 0.717) is 17.9 Å². The van der Waals surface area contributed by atoms with E-state index in [-0.39, 0.29) is 5.41 Å². The summed E-state index contributed by atoms with van der Waals surface area (Å²) < 4.78 is 1.00. The smallest absolute Gasteiger partial charge is 0.226 e. The number of carbonyl (C=O) groups excluding carboxylic acids is 1. The summed E-state index contributed by atoms with van der Waals surface area (Å²) in [7, 11) is 0. The van der Waals surface area contributed by atoms with Gasteiger partial charge in [0.15, 0.2) is 0 Å². The average Bonchev–Trinajstić information content (AvgIpc) is 2.74. The van der Waals surface area contributed by atoms with Crippen molar-refractivity contribution < 1.29 is 4.79 Å². The van der Waals surface area contributed by atoms with Gasteiger partial charge in [0, 0.05) is 15.9 Å². The van der Waals surface area contributed by atoms with Crippen molar-refractivity contribution >= 4 is 28.5 Å². The van der Waals surface area contributed by atoms with Crippen LogP contribution >= 0.6 is 22.6 Å². The van der Waals surface area contributed by atoms with Crippen LogP contribution in [0.4, 0.5) is 0 Å². The highest BCUT2D eigenvalue weighted by molar-refractivity contribution is 14.1. The molecule has 1 aliphatic rings. The topological polar surface area (TPSA) is 29.1 Å². The SMILES string of the molecule is CCC1(C(=O)NC(CI)C(C)C)CCCC1. The van der Waals surface area contributed by atoms with Crippen molar-refractivity contribution in [1.29, 1.82) is 0 Å². The second kappa shape index (κ2) is 6.22. The van der Waals surface area contributed by atoms with E-state index in [9.17, 15) is 4.79 Å². The number of rotatable bonds is 5. The molecule has 1 N–H and O–H groups in total. The lowest BCUT2D eigenvalue weighted by molar-refractivity contribution is -0.131. The van der Waals surface area contributed by atoms with E-state index in [1.165, 1.54) is 12.8 Å². The first-order chi connectivity index (χ1) is 7.55. The van der Waals surface area contributed by atoms with E-state index in [1.54, 1.807) is 0 Å². The number of halogens is 1. The van der Waals surface area contributed by atoms with Crippen molar-refractivity contribution in [3.05, 3.63) is 0 Å². The normalized spacial score (nSPS) is 21.1. The van der Waals surface area contributed by atoms with Crippen LogP contribution in [-0.4, -0.2) is 16.4 Å². The van der Waals surface area contributed by atoms with Gasteiger partial charge in [-0.05, 0) is 25.2 Å². The van der Waals surface area contributed by atoms with Gasteiger partial charge >= 0.3 is 0 Å². The van der Waals surface area contributed by atoms with E-state index in [0.717, 1.165) is 23.7 Å². The van der Waals surface area contributed by atoms with Crippen LogP contribution in [0.15, 0.2) is 0 Å². The molecular formula is C13H24INO. The lowest BCUT2D eigenvalue weighted by atomic mass is 9.82. The Bertz CT molecular complexity index is 234. The third-order valence-corrected chi connectivity index (χ3v) is 4.96. The first-order valence-electron chi connectivity index (χ1n) is 6.42. The van der Waals surface area contributed by atoms with Crippen LogP contribution in [-0.2, 0) is 4.79 Å². The van der Waals surface area contributed by atoms with Gasteiger partial charge in [-0.2, -0.15) is 0 Å². The Morgan fingerprint density at radius 1 is 1.38 bits per heavy atom. The van der Waals surface area contributed by atoms with Crippen LogP contribution < -0.4 is 5.32 Å². The molecule has 1 atom stereocenters. The van der Waals surface area contributed by atoms with Crippen LogP contribution in [0.2, 0.25) is 0 Å². The lowest BCUT2D eigenvalue weighted by Gasteiger charge is -2.30. The lowest BCUT2D eigenvalue weighted by Crippen LogP contribution is -2.47. The largest absolute Gasteiger partial charge is 0.352 e. The molecule has 3 heteroatoms. The van der Waals surface area contributed by atoms with Gasteiger partial charge in [-0.25, -0.2) is 0 Å². The Balaban J connectivity index is 2.62. The zero-order valence-corrected chi connectivity index (χ0v) is 12.8. The Morgan fingerprint density at radius 2 is 1.94 bits per heavy atom. The van der Waals surface area contributed by atoms with Crippen LogP contribution in [0.25, 0.3) is 0 Å². The summed E-state index contributed by atoms with van der Waals surface area (Å²) in [6.45, 7) is 6.51. The first kappa shape index (κ1) is 14.3. The number of nitrogens with one attached hydrogen (secondary N) is 1. The maximum absolute atomic E-state index is 12.4. The summed E-state index contributed by atoms with van der Waals surface area (Å²) in [5, 5.41) is 3.25. The van der Waals surface area contributed by atoms with Crippen molar-refractivity contribution in [1.82, 2.24) is 5.32 Å². The Kier molecular flexibility index (Phi) is 5.54. The Hall–Kier alpha value is 0.200. The molecule has 0 bridgehead atoms. The van der Waals surface area contributed by atoms with Gasteiger partial charge in [0.1, 0.15) is 0 Å². The third kappa shape index (κ3) is 3.11. The zero-order valence-electron chi connectivity index (χ0n) is 10.7. The number of carbonyl (C=O) groups is 1. The Morgan fingerprint density at radius 3 is 2.31 bits per heavy atom. The molecule has 0 aliphatic heterocycles. The van der Waals surface area contributed by atoms with Crippen molar-refractivity contribution in [3.63, 3.8) is 0 Å². The summed E-state index contributed by atoms with van der Waals surface area (Å²) in [6, 6.07) is 0.331. The Labute approximate surface area is 113 Å². The minimum Gasteiger partial charge on any atom is -0.352 e. The van der Waals surface area contributed by atoms with E-state index in [4.69, 9.17) is 0 Å². The predicted octanol–water partition coefficient (Wildman–Crippen LogP) is 3.53. The minimum atomic E-state index is -0.0427. The highest BCUT2D eigenvalue weighted by atomic mass is 127. The maximum atomic E-state index is 12.4. The fourth-order valence-electron chi connectivity index (χ4n) is 2.50. The molecule has 0 radical (unpaired) electrons. The van der Waals surface area contributed by atoms with Crippen molar-refractivity contribution in [2.24, 2.45) is 11.3 Å². The van der Waals surface area contributed by atoms with Gasteiger partial charge in [-0.3, -0.25) is 4.79 Å². The van der Waals surface area contributed by atoms with Crippen molar-refractivity contribution in [2.75, 3.05) is 4.43 Å². The van der Waals surface area contributed by atoms with Gasteiger partial charge in [-0.15, -0.1) is 0 Å². The highest BCUT2D eigenvalue weighted by Crippen LogP contribution is 2.41. The molecule has 1 saturated carbocycles. The van der Waals surface area contributed by atoms with Gasteiger partial charge in [-0.1, -0.05) is 56.2 Å². The standard InChI is InChI=1S/C13H24INO/c1-4-13(7-5-6-8-13)12(16)15-11(9-14)10(2)3/h10-11H,4-9H2,1-3H3,(H,15,16). The van der Waals surface area contributed by atoms with E-state index >= 15 is 0 Å². The fourth-order valence-corrected chi connectivity index (χ4v) is 3.74. The van der Waals surface area contributed by atoms with Gasteiger partial charge in [0.05, 0.1) is 0 Å². The van der Waals surface area contributed by atoms with Gasteiger partial charge in [0.25, 0.3) is 0 Å². The summed E-state index contributed by atoms with van der Waals surface area (Å²) in [4.78, 5) is 12.4. The molecule has 1 amide bonds. The summed E-state index contributed by atoms with van der Waals surface area (Å²) in [5.41, 5.74) is -0.0427. The fraction of sp³-hybridized carbons (Fsp3) is 0.923. The molecule has 0 heterocycles. The number of alkyl halides is 1. The molecule has 1 aliphatic carbocycles. The summed E-state index contributed by atoms with van der Waals surface area (Å²) in [5.74, 6) is 0.832. The minimum absolute atomic E-state index is 0.0427. The molecular weight excluding hydrogens is 313 g/mol. The predicted molar refractivity (Wildman–Crippen MR) is 76.8 cm³/mol. The van der Waals surface area contributed by atoms with Crippen LogP contribution in [0, 0.1) is 11.3 Å². The van der Waals surface area contributed by atoms with Crippen molar-refractivity contribution in [2.45, 2.75) is 58.9 Å². The van der Waals surface area contributed by atoms with E-state index < -0.39 is 0 Å². The number of hydrogen-bond donors (Lipinski definition) is 1. The summed E-state index contributed by atoms with van der Waals surface area (Å²) >= 11 is 2.36. The number of hydrogen-bond acceptors (Lipinski definition) is 1. The average molecular weight is 337 g/mol.